The molecule has 130 valence electrons. The van der Waals surface area contributed by atoms with Gasteiger partial charge in [-0.2, -0.15) is 0 Å². The predicted octanol–water partition coefficient (Wildman–Crippen LogP) is 4.33. The number of halogens is 2. The van der Waals surface area contributed by atoms with Gasteiger partial charge < -0.3 is 4.74 Å². The smallest absolute Gasteiger partial charge is 0.248 e. The number of thiazole rings is 1. The summed E-state index contributed by atoms with van der Waals surface area (Å²) >= 11 is 8.78. The standard InChI is InChI=1S/C16H13ClFN3O2S2/c1-23-12-7-6-11(17)15-14(12)19-16(25-15)21-20-13(22)8-24-10-4-2-9(18)3-5-10/h2-7H,8H2,1H3,(H,19,21)(H,20,22). The molecule has 0 aliphatic carbocycles. The maximum Gasteiger partial charge on any atom is 0.248 e. The Kier molecular flexibility index (Phi) is 5.62. The average molecular weight is 398 g/mol. The molecule has 0 saturated carbocycles. The first-order chi connectivity index (χ1) is 12.1. The van der Waals surface area contributed by atoms with E-state index in [1.165, 1.54) is 35.2 Å². The van der Waals surface area contributed by atoms with Gasteiger partial charge in [0.2, 0.25) is 11.0 Å². The van der Waals surface area contributed by atoms with Crippen LogP contribution < -0.4 is 15.6 Å². The summed E-state index contributed by atoms with van der Waals surface area (Å²) in [5.41, 5.74) is 5.99. The Hall–Kier alpha value is -2.03. The Labute approximate surface area is 156 Å². The van der Waals surface area contributed by atoms with Crippen LogP contribution in [0, 0.1) is 5.82 Å². The molecule has 9 heteroatoms. The van der Waals surface area contributed by atoms with Gasteiger partial charge in [0, 0.05) is 4.90 Å². The van der Waals surface area contributed by atoms with Crippen LogP contribution in [0.25, 0.3) is 10.2 Å². The van der Waals surface area contributed by atoms with Gasteiger partial charge in [0.1, 0.15) is 17.1 Å². The summed E-state index contributed by atoms with van der Waals surface area (Å²) in [5.74, 6) is 0.266. The number of carbonyl (C=O) groups excluding carboxylic acids is 1. The van der Waals surface area contributed by atoms with Crippen molar-refractivity contribution in [1.82, 2.24) is 10.4 Å². The largest absolute Gasteiger partial charge is 0.494 e. The van der Waals surface area contributed by atoms with Crippen LogP contribution >= 0.6 is 34.7 Å². The molecule has 1 amide bonds. The predicted molar refractivity (Wildman–Crippen MR) is 100 cm³/mol. The molecule has 0 unspecified atom stereocenters. The van der Waals surface area contributed by atoms with Crippen molar-refractivity contribution in [2.75, 3.05) is 18.3 Å². The Balaban J connectivity index is 1.59. The van der Waals surface area contributed by atoms with Crippen molar-refractivity contribution in [3.05, 3.63) is 47.2 Å². The quantitative estimate of drug-likeness (QED) is 0.478. The number of aromatic nitrogens is 1. The number of ether oxygens (including phenoxy) is 1. The minimum Gasteiger partial charge on any atom is -0.494 e. The summed E-state index contributed by atoms with van der Waals surface area (Å²) in [6.45, 7) is 0. The van der Waals surface area contributed by atoms with E-state index in [-0.39, 0.29) is 17.5 Å². The molecule has 0 bridgehead atoms. The number of hydrogen-bond donors (Lipinski definition) is 2. The first-order valence-corrected chi connectivity index (χ1v) is 9.31. The molecule has 0 radical (unpaired) electrons. The molecule has 3 aromatic rings. The molecule has 2 N–H and O–H groups in total. The molecule has 0 fully saturated rings. The van der Waals surface area contributed by atoms with Crippen LogP contribution in [0.4, 0.5) is 9.52 Å². The van der Waals surface area contributed by atoms with Crippen molar-refractivity contribution < 1.29 is 13.9 Å². The normalized spacial score (nSPS) is 10.7. The summed E-state index contributed by atoms with van der Waals surface area (Å²) in [6, 6.07) is 9.45. The highest BCUT2D eigenvalue weighted by atomic mass is 35.5. The van der Waals surface area contributed by atoms with Crippen LogP contribution in [0.1, 0.15) is 0 Å². The topological polar surface area (TPSA) is 63.2 Å². The molecule has 1 heterocycles. The second kappa shape index (κ2) is 7.90. The van der Waals surface area contributed by atoms with E-state index in [0.717, 1.165) is 9.60 Å². The lowest BCUT2D eigenvalue weighted by Gasteiger charge is -2.05. The van der Waals surface area contributed by atoms with E-state index in [4.69, 9.17) is 16.3 Å². The molecule has 25 heavy (non-hydrogen) atoms. The third-order valence-electron chi connectivity index (χ3n) is 3.17. The fourth-order valence-corrected chi connectivity index (χ4v) is 3.82. The zero-order valence-corrected chi connectivity index (χ0v) is 15.4. The number of hydrogen-bond acceptors (Lipinski definition) is 6. The number of amides is 1. The van der Waals surface area contributed by atoms with Gasteiger partial charge in [-0.25, -0.2) is 9.37 Å². The van der Waals surface area contributed by atoms with Crippen molar-refractivity contribution in [3.63, 3.8) is 0 Å². The molecule has 0 aliphatic heterocycles. The molecule has 2 aromatic carbocycles. The van der Waals surface area contributed by atoms with Crippen molar-refractivity contribution in [1.29, 1.82) is 0 Å². The van der Waals surface area contributed by atoms with Gasteiger partial charge in [-0.1, -0.05) is 22.9 Å². The van der Waals surface area contributed by atoms with E-state index >= 15 is 0 Å². The van der Waals surface area contributed by atoms with Crippen LogP contribution in [-0.4, -0.2) is 23.8 Å². The van der Waals surface area contributed by atoms with Crippen molar-refractivity contribution in [2.24, 2.45) is 0 Å². The minimum absolute atomic E-state index is 0.188. The van der Waals surface area contributed by atoms with E-state index in [2.05, 4.69) is 15.8 Å². The van der Waals surface area contributed by atoms with Gasteiger partial charge in [-0.05, 0) is 36.4 Å². The van der Waals surface area contributed by atoms with Crippen molar-refractivity contribution in [2.45, 2.75) is 4.90 Å². The number of benzene rings is 2. The highest BCUT2D eigenvalue weighted by Crippen LogP contribution is 2.37. The van der Waals surface area contributed by atoms with E-state index in [1.807, 2.05) is 0 Å². The van der Waals surface area contributed by atoms with E-state index in [9.17, 15) is 9.18 Å². The maximum atomic E-state index is 12.8. The lowest BCUT2D eigenvalue weighted by atomic mass is 10.3. The van der Waals surface area contributed by atoms with Crippen LogP contribution in [0.2, 0.25) is 5.02 Å². The Morgan fingerprint density at radius 3 is 2.80 bits per heavy atom. The number of thioether (sulfide) groups is 1. The number of fused-ring (bicyclic) bond motifs is 1. The maximum absolute atomic E-state index is 12.8. The van der Waals surface area contributed by atoms with Gasteiger partial charge in [0.15, 0.2) is 0 Å². The lowest BCUT2D eigenvalue weighted by Crippen LogP contribution is -2.30. The molecule has 1 aromatic heterocycles. The fourth-order valence-electron chi connectivity index (χ4n) is 2.01. The number of nitrogens with one attached hydrogen (secondary N) is 2. The number of methoxy groups -OCH3 is 1. The third-order valence-corrected chi connectivity index (χ3v) is 5.61. The number of rotatable bonds is 6. The van der Waals surface area contributed by atoms with Crippen LogP contribution in [0.5, 0.6) is 5.75 Å². The zero-order valence-electron chi connectivity index (χ0n) is 13.0. The minimum atomic E-state index is -0.305. The summed E-state index contributed by atoms with van der Waals surface area (Å²) in [6.07, 6.45) is 0. The average Bonchev–Trinajstić information content (AvgIpc) is 3.05. The summed E-state index contributed by atoms with van der Waals surface area (Å²) in [5, 5.41) is 1.07. The summed E-state index contributed by atoms with van der Waals surface area (Å²) < 4.78 is 18.9. The molecular weight excluding hydrogens is 385 g/mol. The SMILES string of the molecule is COc1ccc(Cl)c2sc(NNC(=O)CSc3ccc(F)cc3)nc12. The second-order valence-corrected chi connectivity index (χ2v) is 7.32. The van der Waals surface area contributed by atoms with Gasteiger partial charge in [0.05, 0.1) is 22.6 Å². The van der Waals surface area contributed by atoms with Crippen molar-refractivity contribution >= 4 is 56.0 Å². The van der Waals surface area contributed by atoms with Crippen LogP contribution in [0.3, 0.4) is 0 Å². The molecule has 0 aliphatic rings. The first kappa shape index (κ1) is 17.8. The van der Waals surface area contributed by atoms with Crippen LogP contribution in [-0.2, 0) is 4.79 Å². The monoisotopic (exact) mass is 397 g/mol. The fraction of sp³-hybridized carbons (Fsp3) is 0.125. The zero-order chi connectivity index (χ0) is 17.8. The summed E-state index contributed by atoms with van der Waals surface area (Å²) in [7, 11) is 1.56. The van der Waals surface area contributed by atoms with Crippen LogP contribution in [0.15, 0.2) is 41.3 Å². The van der Waals surface area contributed by atoms with Gasteiger partial charge in [-0.3, -0.25) is 15.6 Å². The highest BCUT2D eigenvalue weighted by molar-refractivity contribution is 8.00. The number of carbonyl (C=O) groups is 1. The molecule has 0 saturated heterocycles. The lowest BCUT2D eigenvalue weighted by molar-refractivity contribution is -0.118. The van der Waals surface area contributed by atoms with Crippen molar-refractivity contribution in [3.8, 4) is 5.75 Å². The van der Waals surface area contributed by atoms with Gasteiger partial charge in [0.25, 0.3) is 0 Å². The molecule has 5 nitrogen and oxygen atoms in total. The van der Waals surface area contributed by atoms with E-state index < -0.39 is 0 Å². The Bertz CT molecular complexity index is 902. The molecule has 3 rings (SSSR count). The van der Waals surface area contributed by atoms with Gasteiger partial charge in [-0.15, -0.1) is 11.8 Å². The number of nitrogens with zero attached hydrogens (tertiary/aromatic N) is 1. The Morgan fingerprint density at radius 2 is 2.08 bits per heavy atom. The number of hydrazine groups is 1. The molecule has 0 atom stereocenters. The van der Waals surface area contributed by atoms with E-state index in [1.54, 1.807) is 31.4 Å². The number of anilines is 1. The molecular formula is C16H13ClFN3O2S2. The Morgan fingerprint density at radius 1 is 1.32 bits per heavy atom. The first-order valence-electron chi connectivity index (χ1n) is 7.13. The third kappa shape index (κ3) is 4.33. The van der Waals surface area contributed by atoms with E-state index in [0.29, 0.717) is 21.4 Å². The summed E-state index contributed by atoms with van der Waals surface area (Å²) in [4.78, 5) is 17.1. The second-order valence-electron chi connectivity index (χ2n) is 4.86. The molecule has 0 spiro atoms. The van der Waals surface area contributed by atoms with Gasteiger partial charge >= 0.3 is 0 Å². The highest BCUT2D eigenvalue weighted by Gasteiger charge is 2.12.